The molecule has 1 aromatic carbocycles. The van der Waals surface area contributed by atoms with E-state index in [1.54, 1.807) is 16.8 Å². The zero-order chi connectivity index (χ0) is 15.2. The summed E-state index contributed by atoms with van der Waals surface area (Å²) in [6.45, 7) is 6.40. The number of nitrogens with two attached hydrogens (primary N) is 1. The van der Waals surface area contributed by atoms with Gasteiger partial charge < -0.3 is 10.5 Å². The molecule has 21 heavy (non-hydrogen) atoms. The smallest absolute Gasteiger partial charge is 0.184 e. The molecule has 0 atom stereocenters. The number of nitrogen functional groups attached to an aromatic ring is 1. The predicted octanol–water partition coefficient (Wildman–Crippen LogP) is 2.64. The maximum Gasteiger partial charge on any atom is 0.184 e. The van der Waals surface area contributed by atoms with Gasteiger partial charge in [0.05, 0.1) is 0 Å². The quantitative estimate of drug-likeness (QED) is 0.628. The highest BCUT2D eigenvalue weighted by Gasteiger charge is 2.12. The second kappa shape index (κ2) is 7.38. The monoisotopic (exact) mass is 309 g/mol. The molecule has 0 saturated carbocycles. The third-order valence-electron chi connectivity index (χ3n) is 2.90. The first-order valence-corrected chi connectivity index (χ1v) is 7.35. The van der Waals surface area contributed by atoms with Crippen molar-refractivity contribution in [2.45, 2.75) is 26.8 Å². The Bertz CT molecular complexity index is 584. The van der Waals surface area contributed by atoms with Crippen LogP contribution in [0.3, 0.4) is 0 Å². The van der Waals surface area contributed by atoms with Gasteiger partial charge in [-0.15, -0.1) is 5.10 Å². The summed E-state index contributed by atoms with van der Waals surface area (Å²) in [5, 5.41) is 12.4. The van der Waals surface area contributed by atoms with Gasteiger partial charge in [-0.25, -0.2) is 4.68 Å². The lowest BCUT2D eigenvalue weighted by Crippen LogP contribution is -2.09. The highest BCUT2D eigenvalue weighted by molar-refractivity contribution is 6.31. The van der Waals surface area contributed by atoms with Crippen LogP contribution in [0.15, 0.2) is 18.2 Å². The molecule has 1 heterocycles. The number of hydrogen-bond donors (Lipinski definition) is 1. The Labute approximate surface area is 129 Å². The van der Waals surface area contributed by atoms with Crippen molar-refractivity contribution >= 4 is 17.3 Å². The van der Waals surface area contributed by atoms with Crippen LogP contribution in [0.1, 0.15) is 20.3 Å². The van der Waals surface area contributed by atoms with Crippen molar-refractivity contribution < 1.29 is 4.74 Å². The van der Waals surface area contributed by atoms with Crippen molar-refractivity contribution in [3.05, 3.63) is 23.2 Å². The van der Waals surface area contributed by atoms with Gasteiger partial charge in [0.15, 0.2) is 5.82 Å². The van der Waals surface area contributed by atoms with E-state index in [1.807, 2.05) is 6.07 Å². The molecule has 2 N–H and O–H groups in total. The van der Waals surface area contributed by atoms with Gasteiger partial charge in [-0.1, -0.05) is 25.4 Å². The molecule has 0 bridgehead atoms. The van der Waals surface area contributed by atoms with E-state index in [0.717, 1.165) is 18.6 Å². The molecule has 0 aliphatic carbocycles. The molecule has 0 spiro atoms. The fourth-order valence-electron chi connectivity index (χ4n) is 1.92. The number of benzene rings is 1. The topological polar surface area (TPSA) is 78.8 Å². The zero-order valence-corrected chi connectivity index (χ0v) is 13.0. The average molecular weight is 310 g/mol. The van der Waals surface area contributed by atoms with Crippen LogP contribution in [0.4, 0.5) is 5.69 Å². The molecule has 6 nitrogen and oxygen atoms in total. The van der Waals surface area contributed by atoms with E-state index in [4.69, 9.17) is 22.1 Å². The molecule has 0 amide bonds. The Morgan fingerprint density at radius 1 is 1.38 bits per heavy atom. The van der Waals surface area contributed by atoms with E-state index >= 15 is 0 Å². The molecular formula is C14H20ClN5O. The van der Waals surface area contributed by atoms with Crippen molar-refractivity contribution in [3.8, 4) is 11.4 Å². The molecule has 0 unspecified atom stereocenters. The standard InChI is InChI=1S/C14H20ClN5O/c1-10(2)9-21-7-3-6-20-14(17-18-19-20)12-5-4-11(15)8-13(12)16/h4-5,8,10H,3,6-7,9,16H2,1-2H3. The van der Waals surface area contributed by atoms with E-state index in [0.29, 0.717) is 35.6 Å². The van der Waals surface area contributed by atoms with Gasteiger partial charge >= 0.3 is 0 Å². The largest absolute Gasteiger partial charge is 0.398 e. The maximum atomic E-state index is 5.97. The number of anilines is 1. The van der Waals surface area contributed by atoms with Gasteiger partial charge in [-0.2, -0.15) is 0 Å². The van der Waals surface area contributed by atoms with Crippen molar-refractivity contribution in [3.63, 3.8) is 0 Å². The SMILES string of the molecule is CC(C)COCCCn1nnnc1-c1ccc(Cl)cc1N. The van der Waals surface area contributed by atoms with E-state index in [1.165, 1.54) is 0 Å². The summed E-state index contributed by atoms with van der Waals surface area (Å²) in [7, 11) is 0. The van der Waals surface area contributed by atoms with Crippen molar-refractivity contribution in [2.24, 2.45) is 5.92 Å². The molecule has 0 aliphatic heterocycles. The lowest BCUT2D eigenvalue weighted by Gasteiger charge is -2.08. The van der Waals surface area contributed by atoms with Gasteiger partial charge in [-0.3, -0.25) is 0 Å². The first kappa shape index (κ1) is 15.7. The van der Waals surface area contributed by atoms with Crippen LogP contribution in [-0.2, 0) is 11.3 Å². The fraction of sp³-hybridized carbons (Fsp3) is 0.500. The molecule has 0 aliphatic rings. The minimum atomic E-state index is 0.544. The first-order valence-electron chi connectivity index (χ1n) is 6.97. The molecule has 7 heteroatoms. The number of aryl methyl sites for hydroxylation is 1. The summed E-state index contributed by atoms with van der Waals surface area (Å²) < 4.78 is 7.29. The Hall–Kier alpha value is -1.66. The van der Waals surface area contributed by atoms with Crippen LogP contribution in [0.2, 0.25) is 5.02 Å². The summed E-state index contributed by atoms with van der Waals surface area (Å²) in [5.74, 6) is 1.19. The number of nitrogens with zero attached hydrogens (tertiary/aromatic N) is 4. The van der Waals surface area contributed by atoms with Crippen LogP contribution in [-0.4, -0.2) is 33.4 Å². The first-order chi connectivity index (χ1) is 10.1. The molecular weight excluding hydrogens is 290 g/mol. The van der Waals surface area contributed by atoms with E-state index in [9.17, 15) is 0 Å². The minimum absolute atomic E-state index is 0.544. The lowest BCUT2D eigenvalue weighted by atomic mass is 10.1. The van der Waals surface area contributed by atoms with Gasteiger partial charge in [0.2, 0.25) is 0 Å². The molecule has 2 aromatic rings. The summed E-state index contributed by atoms with van der Waals surface area (Å²) in [6.07, 6.45) is 0.845. The Kier molecular flexibility index (Phi) is 5.52. The maximum absolute atomic E-state index is 5.97. The Morgan fingerprint density at radius 2 is 2.19 bits per heavy atom. The number of hydrogen-bond acceptors (Lipinski definition) is 5. The fourth-order valence-corrected chi connectivity index (χ4v) is 2.10. The third kappa shape index (κ3) is 4.41. The van der Waals surface area contributed by atoms with Gasteiger partial charge in [0, 0.05) is 36.0 Å². The molecule has 0 radical (unpaired) electrons. The van der Waals surface area contributed by atoms with Crippen LogP contribution >= 0.6 is 11.6 Å². The average Bonchev–Trinajstić information content (AvgIpc) is 2.86. The molecule has 0 saturated heterocycles. The zero-order valence-electron chi connectivity index (χ0n) is 12.3. The summed E-state index contributed by atoms with van der Waals surface area (Å²) in [6, 6.07) is 5.30. The van der Waals surface area contributed by atoms with Crippen LogP contribution in [0.25, 0.3) is 11.4 Å². The minimum Gasteiger partial charge on any atom is -0.398 e. The summed E-state index contributed by atoms with van der Waals surface area (Å²) >= 11 is 5.91. The molecule has 2 rings (SSSR count). The number of tetrazole rings is 1. The Morgan fingerprint density at radius 3 is 2.90 bits per heavy atom. The number of aromatic nitrogens is 4. The van der Waals surface area contributed by atoms with Crippen LogP contribution < -0.4 is 5.73 Å². The van der Waals surface area contributed by atoms with Crippen molar-refractivity contribution in [1.29, 1.82) is 0 Å². The summed E-state index contributed by atoms with van der Waals surface area (Å²) in [4.78, 5) is 0. The van der Waals surface area contributed by atoms with E-state index in [-0.39, 0.29) is 0 Å². The highest BCUT2D eigenvalue weighted by atomic mass is 35.5. The Balaban J connectivity index is 1.98. The van der Waals surface area contributed by atoms with Gasteiger partial charge in [-0.05, 0) is 41.0 Å². The van der Waals surface area contributed by atoms with Crippen LogP contribution in [0, 0.1) is 5.92 Å². The molecule has 1 aromatic heterocycles. The molecule has 0 fully saturated rings. The third-order valence-corrected chi connectivity index (χ3v) is 3.13. The lowest BCUT2D eigenvalue weighted by molar-refractivity contribution is 0.105. The van der Waals surface area contributed by atoms with E-state index in [2.05, 4.69) is 29.4 Å². The normalized spacial score (nSPS) is 11.2. The second-order valence-electron chi connectivity index (χ2n) is 5.28. The number of halogens is 1. The number of rotatable bonds is 7. The van der Waals surface area contributed by atoms with Gasteiger partial charge in [0.1, 0.15) is 0 Å². The van der Waals surface area contributed by atoms with Gasteiger partial charge in [0.25, 0.3) is 0 Å². The van der Waals surface area contributed by atoms with Crippen molar-refractivity contribution in [1.82, 2.24) is 20.2 Å². The highest BCUT2D eigenvalue weighted by Crippen LogP contribution is 2.26. The predicted molar refractivity (Wildman–Crippen MR) is 82.9 cm³/mol. The summed E-state index contributed by atoms with van der Waals surface area (Å²) in [5.41, 5.74) is 7.32. The van der Waals surface area contributed by atoms with Crippen molar-refractivity contribution in [2.75, 3.05) is 18.9 Å². The second-order valence-corrected chi connectivity index (χ2v) is 5.72. The molecule has 114 valence electrons. The van der Waals surface area contributed by atoms with E-state index < -0.39 is 0 Å². The van der Waals surface area contributed by atoms with Crippen LogP contribution in [0.5, 0.6) is 0 Å². The number of ether oxygens (including phenoxy) is 1.